The van der Waals surface area contributed by atoms with Crippen LogP contribution >= 0.6 is 0 Å². The quantitative estimate of drug-likeness (QED) is 0.654. The van der Waals surface area contributed by atoms with E-state index in [0.29, 0.717) is 5.56 Å². The Kier molecular flexibility index (Phi) is 7.75. The van der Waals surface area contributed by atoms with Crippen LogP contribution in [-0.2, 0) is 16.6 Å². The van der Waals surface area contributed by atoms with Crippen LogP contribution in [0.1, 0.15) is 16.7 Å². The zero-order valence-corrected chi connectivity index (χ0v) is 19.5. The molecule has 0 unspecified atom stereocenters. The molecule has 0 atom stereocenters. The minimum atomic E-state index is -3.63. The van der Waals surface area contributed by atoms with Crippen LogP contribution in [0.25, 0.3) is 0 Å². The van der Waals surface area contributed by atoms with Crippen LogP contribution in [0, 0.1) is 13.8 Å². The number of hydrogen-bond donors (Lipinski definition) is 1. The fraction of sp³-hybridized carbons (Fsp3) is 0.409. The molecule has 1 N–H and O–H groups in total. The molecule has 1 aliphatic rings. The molecule has 11 heteroatoms. The van der Waals surface area contributed by atoms with Crippen molar-refractivity contribution in [3.05, 3.63) is 53.1 Å². The molecule has 0 bridgehead atoms. The monoisotopic (exact) mass is 483 g/mol. The third-order valence-electron chi connectivity index (χ3n) is 5.53. The summed E-state index contributed by atoms with van der Waals surface area (Å²) in [6.45, 7) is 1.84. The number of ether oxygens (including phenoxy) is 2. The maximum absolute atomic E-state index is 12.9. The molecule has 2 amide bonds. The van der Waals surface area contributed by atoms with E-state index < -0.39 is 16.6 Å². The molecule has 1 aliphatic heterocycles. The highest BCUT2D eigenvalue weighted by atomic mass is 32.2. The van der Waals surface area contributed by atoms with E-state index in [4.69, 9.17) is 4.74 Å². The number of alkyl halides is 2. The van der Waals surface area contributed by atoms with Crippen LogP contribution in [-0.4, -0.2) is 63.6 Å². The fourth-order valence-electron chi connectivity index (χ4n) is 3.46. The highest BCUT2D eigenvalue weighted by molar-refractivity contribution is 7.89. The highest BCUT2D eigenvalue weighted by Crippen LogP contribution is 2.29. The van der Waals surface area contributed by atoms with Crippen LogP contribution in [0.4, 0.5) is 13.6 Å². The zero-order chi connectivity index (χ0) is 24.2. The summed E-state index contributed by atoms with van der Waals surface area (Å²) in [4.78, 5) is 14.3. The molecule has 8 nitrogen and oxygen atoms in total. The van der Waals surface area contributed by atoms with Gasteiger partial charge in [-0.3, -0.25) is 0 Å². The van der Waals surface area contributed by atoms with E-state index in [1.165, 1.54) is 28.4 Å². The fourth-order valence-corrected chi connectivity index (χ4v) is 4.97. The number of nitrogens with one attached hydrogen (secondary N) is 1. The summed E-state index contributed by atoms with van der Waals surface area (Å²) >= 11 is 0. The molecule has 1 heterocycles. The number of piperazine rings is 1. The first-order valence-electron chi connectivity index (χ1n) is 10.3. The molecular weight excluding hydrogens is 456 g/mol. The van der Waals surface area contributed by atoms with E-state index in [9.17, 15) is 22.0 Å². The number of benzene rings is 2. The molecule has 3 rings (SSSR count). The molecule has 2 aromatic rings. The van der Waals surface area contributed by atoms with Crippen molar-refractivity contribution in [3.8, 4) is 11.5 Å². The van der Waals surface area contributed by atoms with Crippen molar-refractivity contribution in [3.63, 3.8) is 0 Å². The Morgan fingerprint density at radius 3 is 2.33 bits per heavy atom. The number of sulfonamides is 1. The van der Waals surface area contributed by atoms with E-state index in [2.05, 4.69) is 10.1 Å². The summed E-state index contributed by atoms with van der Waals surface area (Å²) in [6, 6.07) is 9.11. The molecule has 0 saturated carbocycles. The number of halogens is 2. The van der Waals surface area contributed by atoms with E-state index in [1.54, 1.807) is 24.3 Å². The normalized spacial score (nSPS) is 14.9. The summed E-state index contributed by atoms with van der Waals surface area (Å²) in [5.41, 5.74) is 2.56. The Labute approximate surface area is 192 Å². The lowest BCUT2D eigenvalue weighted by atomic mass is 10.1. The van der Waals surface area contributed by atoms with Crippen LogP contribution in [0.2, 0.25) is 0 Å². The number of amides is 2. The molecule has 0 radical (unpaired) electrons. The lowest BCUT2D eigenvalue weighted by molar-refractivity contribution is -0.0512. The van der Waals surface area contributed by atoms with Crippen molar-refractivity contribution in [1.82, 2.24) is 14.5 Å². The molecule has 1 saturated heterocycles. The van der Waals surface area contributed by atoms with Gasteiger partial charge in [0.1, 0.15) is 0 Å². The van der Waals surface area contributed by atoms with Crippen molar-refractivity contribution < 1.29 is 31.5 Å². The van der Waals surface area contributed by atoms with Gasteiger partial charge in [0.25, 0.3) is 0 Å². The van der Waals surface area contributed by atoms with Gasteiger partial charge in [-0.2, -0.15) is 13.1 Å². The maximum Gasteiger partial charge on any atom is 0.387 e. The number of carbonyl (C=O) groups is 1. The second-order valence-electron chi connectivity index (χ2n) is 7.66. The minimum absolute atomic E-state index is 0.0938. The molecule has 2 aromatic carbocycles. The Morgan fingerprint density at radius 1 is 1.03 bits per heavy atom. The Bertz CT molecular complexity index is 1100. The second kappa shape index (κ2) is 10.3. The number of nitrogens with zero attached hydrogens (tertiary/aromatic N) is 2. The van der Waals surface area contributed by atoms with Gasteiger partial charge in [0.15, 0.2) is 11.5 Å². The van der Waals surface area contributed by atoms with Gasteiger partial charge in [-0.1, -0.05) is 12.1 Å². The predicted molar refractivity (Wildman–Crippen MR) is 118 cm³/mol. The summed E-state index contributed by atoms with van der Waals surface area (Å²) in [5, 5.41) is 2.75. The third-order valence-corrected chi connectivity index (χ3v) is 7.42. The first kappa shape index (κ1) is 24.7. The van der Waals surface area contributed by atoms with Gasteiger partial charge in [-0.15, -0.1) is 0 Å². The average Bonchev–Trinajstić information content (AvgIpc) is 2.79. The molecule has 1 fully saturated rings. The maximum atomic E-state index is 12.9. The molecule has 0 aromatic heterocycles. The molecule has 0 spiro atoms. The van der Waals surface area contributed by atoms with Gasteiger partial charge >= 0.3 is 12.6 Å². The van der Waals surface area contributed by atoms with Crippen molar-refractivity contribution in [2.45, 2.75) is 31.9 Å². The first-order valence-corrected chi connectivity index (χ1v) is 11.8. The van der Waals surface area contributed by atoms with Gasteiger partial charge in [0, 0.05) is 32.7 Å². The van der Waals surface area contributed by atoms with Gasteiger partial charge < -0.3 is 19.7 Å². The van der Waals surface area contributed by atoms with Crippen molar-refractivity contribution >= 4 is 16.1 Å². The number of methoxy groups -OCH3 is 1. The summed E-state index contributed by atoms with van der Waals surface area (Å²) in [7, 11) is -2.30. The summed E-state index contributed by atoms with van der Waals surface area (Å²) in [6.07, 6.45) is 0. The van der Waals surface area contributed by atoms with E-state index in [-0.39, 0.29) is 55.1 Å². The third kappa shape index (κ3) is 5.91. The van der Waals surface area contributed by atoms with Gasteiger partial charge in [-0.25, -0.2) is 13.2 Å². The Morgan fingerprint density at radius 2 is 1.73 bits per heavy atom. The standard InChI is InChI=1S/C22H27F2N3O5S/c1-15-4-6-18(12-16(15)2)33(29,30)27-10-8-26(9-11-27)22(28)25-14-17-5-7-19(32-21(23)24)20(13-17)31-3/h4-7,12-13,21H,8-11,14H2,1-3H3,(H,25,28). The summed E-state index contributed by atoms with van der Waals surface area (Å²) < 4.78 is 61.6. The van der Waals surface area contributed by atoms with Crippen molar-refractivity contribution in [2.24, 2.45) is 0 Å². The predicted octanol–water partition coefficient (Wildman–Crippen LogP) is 3.13. The number of carbonyl (C=O) groups excluding carboxylic acids is 1. The lowest BCUT2D eigenvalue weighted by Crippen LogP contribution is -2.52. The molecular formula is C22H27F2N3O5S. The van der Waals surface area contributed by atoms with E-state index in [0.717, 1.165) is 11.1 Å². The van der Waals surface area contributed by atoms with Crippen LogP contribution in [0.3, 0.4) is 0 Å². The number of aryl methyl sites for hydroxylation is 2. The van der Waals surface area contributed by atoms with Crippen molar-refractivity contribution in [1.29, 1.82) is 0 Å². The first-order chi connectivity index (χ1) is 15.6. The van der Waals surface area contributed by atoms with E-state index in [1.807, 2.05) is 13.8 Å². The van der Waals surface area contributed by atoms with E-state index >= 15 is 0 Å². The van der Waals surface area contributed by atoms with Gasteiger partial charge in [0.05, 0.1) is 12.0 Å². The topological polar surface area (TPSA) is 88.2 Å². The van der Waals surface area contributed by atoms with Crippen LogP contribution < -0.4 is 14.8 Å². The van der Waals surface area contributed by atoms with Gasteiger partial charge in [-0.05, 0) is 54.8 Å². The Hall–Kier alpha value is -2.92. The SMILES string of the molecule is COc1cc(CNC(=O)N2CCN(S(=O)(=O)c3ccc(C)c(C)c3)CC2)ccc1OC(F)F. The lowest BCUT2D eigenvalue weighted by Gasteiger charge is -2.34. The van der Waals surface area contributed by atoms with Crippen LogP contribution in [0.5, 0.6) is 11.5 Å². The second-order valence-corrected chi connectivity index (χ2v) is 9.60. The van der Waals surface area contributed by atoms with Gasteiger partial charge in [0.2, 0.25) is 10.0 Å². The smallest absolute Gasteiger partial charge is 0.387 e. The number of urea groups is 1. The number of rotatable bonds is 7. The molecule has 180 valence electrons. The Balaban J connectivity index is 1.56. The number of hydrogen-bond acceptors (Lipinski definition) is 5. The van der Waals surface area contributed by atoms with Crippen molar-refractivity contribution in [2.75, 3.05) is 33.3 Å². The largest absolute Gasteiger partial charge is 0.493 e. The minimum Gasteiger partial charge on any atom is -0.493 e. The van der Waals surface area contributed by atoms with Crippen LogP contribution in [0.15, 0.2) is 41.3 Å². The molecule has 33 heavy (non-hydrogen) atoms. The molecule has 0 aliphatic carbocycles. The average molecular weight is 484 g/mol. The zero-order valence-electron chi connectivity index (χ0n) is 18.7. The summed E-state index contributed by atoms with van der Waals surface area (Å²) in [5.74, 6) is 0.0379. The highest BCUT2D eigenvalue weighted by Gasteiger charge is 2.30.